The van der Waals surface area contributed by atoms with Gasteiger partial charge in [0.25, 0.3) is 0 Å². The topological polar surface area (TPSA) is 80.7 Å². The maximum Gasteiger partial charge on any atom is 0.346 e. The van der Waals surface area contributed by atoms with Crippen LogP contribution in [0.3, 0.4) is 0 Å². The van der Waals surface area contributed by atoms with Gasteiger partial charge in [-0.3, -0.25) is 0 Å². The number of esters is 2. The molecule has 1 N–H and O–H groups in total. The lowest BCUT2D eigenvalue weighted by Gasteiger charge is -2.03. The normalized spacial score (nSPS) is 10.8. The van der Waals surface area contributed by atoms with Crippen molar-refractivity contribution >= 4 is 24.0 Å². The van der Waals surface area contributed by atoms with E-state index < -0.39 is 17.9 Å². The average molecular weight is 274 g/mol. The van der Waals surface area contributed by atoms with Gasteiger partial charge in [-0.25, -0.2) is 14.4 Å². The molecule has 0 aliphatic carbocycles. The van der Waals surface area contributed by atoms with Crippen molar-refractivity contribution in [3.05, 3.63) is 53.1 Å². The maximum atomic E-state index is 11.6. The Morgan fingerprint density at radius 3 is 2.15 bits per heavy atom. The van der Waals surface area contributed by atoms with Gasteiger partial charge >= 0.3 is 17.9 Å². The zero-order valence-corrected chi connectivity index (χ0v) is 11.2. The minimum atomic E-state index is -1.01. The van der Waals surface area contributed by atoms with Crippen LogP contribution in [-0.4, -0.2) is 23.0 Å². The fourth-order valence-electron chi connectivity index (χ4n) is 1.26. The van der Waals surface area contributed by atoms with E-state index in [-0.39, 0.29) is 16.7 Å². The molecule has 0 aromatic heterocycles. The van der Waals surface area contributed by atoms with Crippen LogP contribution < -0.4 is 0 Å². The summed E-state index contributed by atoms with van der Waals surface area (Å²) in [5.41, 5.74) is 1.14. The summed E-state index contributed by atoms with van der Waals surface area (Å²) in [4.78, 5) is 33.5. The fourth-order valence-corrected chi connectivity index (χ4v) is 1.26. The zero-order chi connectivity index (χ0) is 15.3. The van der Waals surface area contributed by atoms with Crippen LogP contribution in [0.15, 0.2) is 42.0 Å². The molecule has 5 nitrogen and oxygen atoms in total. The van der Waals surface area contributed by atoms with E-state index >= 15 is 0 Å². The van der Waals surface area contributed by atoms with E-state index in [1.54, 1.807) is 12.1 Å². The Morgan fingerprint density at radius 2 is 1.70 bits per heavy atom. The van der Waals surface area contributed by atoms with E-state index in [1.165, 1.54) is 32.1 Å². The first-order valence-corrected chi connectivity index (χ1v) is 5.75. The Balaban J connectivity index is 2.84. The minimum Gasteiger partial charge on any atom is -0.478 e. The van der Waals surface area contributed by atoms with Gasteiger partial charge in [0.1, 0.15) is 0 Å². The molecule has 5 heteroatoms. The molecule has 0 saturated heterocycles. The van der Waals surface area contributed by atoms with Gasteiger partial charge in [0.15, 0.2) is 0 Å². The van der Waals surface area contributed by atoms with Crippen LogP contribution in [0.2, 0.25) is 0 Å². The molecule has 0 saturated carbocycles. The van der Waals surface area contributed by atoms with Gasteiger partial charge in [0, 0.05) is 11.1 Å². The van der Waals surface area contributed by atoms with E-state index in [9.17, 15) is 14.4 Å². The van der Waals surface area contributed by atoms with Crippen LogP contribution in [-0.2, 0) is 14.3 Å². The molecular weight excluding hydrogens is 260 g/mol. The zero-order valence-electron chi connectivity index (χ0n) is 11.2. The van der Waals surface area contributed by atoms with Crippen LogP contribution in [0.4, 0.5) is 0 Å². The monoisotopic (exact) mass is 274 g/mol. The lowest BCUT2D eigenvalue weighted by Crippen LogP contribution is -2.12. The lowest BCUT2D eigenvalue weighted by atomic mass is 10.1. The number of carboxylic acids is 1. The van der Waals surface area contributed by atoms with Crippen LogP contribution in [0.1, 0.15) is 29.8 Å². The number of hydrogen-bond acceptors (Lipinski definition) is 4. The summed E-state index contributed by atoms with van der Waals surface area (Å²) in [6.07, 6.45) is 1.47. The molecule has 0 heterocycles. The predicted octanol–water partition coefficient (Wildman–Crippen LogP) is 2.43. The number of benzene rings is 1. The Hall–Kier alpha value is -2.69. The van der Waals surface area contributed by atoms with Crippen molar-refractivity contribution in [1.82, 2.24) is 0 Å². The van der Waals surface area contributed by atoms with E-state index in [2.05, 4.69) is 11.3 Å². The molecule has 1 aromatic rings. The molecule has 0 amide bonds. The first kappa shape index (κ1) is 15.4. The molecule has 0 unspecified atom stereocenters. The molecule has 1 rings (SSSR count). The van der Waals surface area contributed by atoms with E-state index in [4.69, 9.17) is 5.11 Å². The second-order valence-corrected chi connectivity index (χ2v) is 4.21. The minimum absolute atomic E-state index is 0.134. The molecule has 0 bridgehead atoms. The average Bonchev–Trinajstić information content (AvgIpc) is 2.39. The molecule has 104 valence electrons. The standard InChI is InChI=1S/C15H14O5/c1-9(2)14(18)20-15(19)12-6-4-11(5-7-12)8-10(3)13(16)17/h4-8H,1H2,2-3H3,(H,16,17). The Bertz CT molecular complexity index is 593. The van der Waals surface area contributed by atoms with Crippen molar-refractivity contribution in [2.24, 2.45) is 0 Å². The number of carbonyl (C=O) groups is 3. The van der Waals surface area contributed by atoms with Gasteiger partial charge in [-0.15, -0.1) is 0 Å². The summed E-state index contributed by atoms with van der Waals surface area (Å²) in [7, 11) is 0. The Morgan fingerprint density at radius 1 is 1.15 bits per heavy atom. The summed E-state index contributed by atoms with van der Waals surface area (Å²) < 4.78 is 4.57. The van der Waals surface area contributed by atoms with Gasteiger partial charge in [0.2, 0.25) is 0 Å². The maximum absolute atomic E-state index is 11.6. The number of aliphatic carboxylic acids is 1. The van der Waals surface area contributed by atoms with Gasteiger partial charge < -0.3 is 9.84 Å². The van der Waals surface area contributed by atoms with Crippen LogP contribution in [0.5, 0.6) is 0 Å². The smallest absolute Gasteiger partial charge is 0.346 e. The van der Waals surface area contributed by atoms with Crippen LogP contribution >= 0.6 is 0 Å². The number of rotatable bonds is 4. The number of ether oxygens (including phenoxy) is 1. The van der Waals surface area contributed by atoms with Crippen LogP contribution in [0, 0.1) is 0 Å². The van der Waals surface area contributed by atoms with Crippen molar-refractivity contribution in [2.75, 3.05) is 0 Å². The highest BCUT2D eigenvalue weighted by Crippen LogP contribution is 2.10. The first-order chi connectivity index (χ1) is 9.31. The number of hydrogen-bond donors (Lipinski definition) is 1. The molecule has 0 radical (unpaired) electrons. The van der Waals surface area contributed by atoms with Crippen molar-refractivity contribution in [3.63, 3.8) is 0 Å². The lowest BCUT2D eigenvalue weighted by molar-refractivity contribution is -0.134. The second kappa shape index (κ2) is 6.47. The van der Waals surface area contributed by atoms with E-state index in [1.807, 2.05) is 0 Å². The SMILES string of the molecule is C=C(C)C(=O)OC(=O)c1ccc(C=C(C)C(=O)O)cc1. The molecular formula is C15H14O5. The first-order valence-electron chi connectivity index (χ1n) is 5.75. The summed E-state index contributed by atoms with van der Waals surface area (Å²) in [5.74, 6) is -2.57. The molecule has 0 atom stereocenters. The summed E-state index contributed by atoms with van der Waals surface area (Å²) >= 11 is 0. The number of carbonyl (C=O) groups excluding carboxylic acids is 2. The molecule has 0 aliphatic rings. The van der Waals surface area contributed by atoms with Crippen LogP contribution in [0.25, 0.3) is 6.08 Å². The third kappa shape index (κ3) is 4.20. The van der Waals surface area contributed by atoms with Gasteiger partial charge in [-0.1, -0.05) is 18.7 Å². The third-order valence-electron chi connectivity index (χ3n) is 2.40. The quantitative estimate of drug-likeness (QED) is 0.518. The predicted molar refractivity (Wildman–Crippen MR) is 73.0 cm³/mol. The molecule has 0 aliphatic heterocycles. The second-order valence-electron chi connectivity index (χ2n) is 4.21. The highest BCUT2D eigenvalue weighted by molar-refractivity contribution is 6.01. The van der Waals surface area contributed by atoms with Crippen molar-refractivity contribution in [1.29, 1.82) is 0 Å². The fraction of sp³-hybridized carbons (Fsp3) is 0.133. The summed E-state index contributed by atoms with van der Waals surface area (Å²) in [6, 6.07) is 6.03. The van der Waals surface area contributed by atoms with Crippen molar-refractivity contribution < 1.29 is 24.2 Å². The number of carboxylic acid groups (broad SMARTS) is 1. The molecule has 0 fully saturated rings. The summed E-state index contributed by atoms with van der Waals surface area (Å²) in [6.45, 7) is 6.29. The van der Waals surface area contributed by atoms with Gasteiger partial charge in [-0.05, 0) is 37.6 Å². The third-order valence-corrected chi connectivity index (χ3v) is 2.40. The van der Waals surface area contributed by atoms with Gasteiger partial charge in [0.05, 0.1) is 5.56 Å². The van der Waals surface area contributed by atoms with E-state index in [0.717, 1.165) is 0 Å². The highest BCUT2D eigenvalue weighted by atomic mass is 16.6. The Labute approximate surface area is 116 Å². The van der Waals surface area contributed by atoms with Gasteiger partial charge in [-0.2, -0.15) is 0 Å². The van der Waals surface area contributed by atoms with Crippen molar-refractivity contribution in [3.8, 4) is 0 Å². The molecule has 20 heavy (non-hydrogen) atoms. The van der Waals surface area contributed by atoms with E-state index in [0.29, 0.717) is 5.56 Å². The highest BCUT2D eigenvalue weighted by Gasteiger charge is 2.13. The molecule has 0 spiro atoms. The Kier molecular flexibility index (Phi) is 4.97. The summed E-state index contributed by atoms with van der Waals surface area (Å²) in [5, 5.41) is 8.75. The molecule has 1 aromatic carbocycles. The largest absolute Gasteiger partial charge is 0.478 e. The van der Waals surface area contributed by atoms with Crippen molar-refractivity contribution in [2.45, 2.75) is 13.8 Å².